The van der Waals surface area contributed by atoms with Crippen LogP contribution in [0.3, 0.4) is 0 Å². The maximum absolute atomic E-state index is 12.8. The third-order valence-corrected chi connectivity index (χ3v) is 3.92. The van der Waals surface area contributed by atoms with Crippen molar-refractivity contribution in [2.24, 2.45) is 5.73 Å². The van der Waals surface area contributed by atoms with Crippen molar-refractivity contribution in [1.29, 1.82) is 0 Å². The average molecular weight is 373 g/mol. The van der Waals surface area contributed by atoms with Crippen LogP contribution in [0.5, 0.6) is 11.5 Å². The Balaban J connectivity index is 1.98. The fraction of sp³-hybridized carbons (Fsp3) is 0.143. The number of nitrogens with two attached hydrogens (primary N) is 1. The second-order valence-electron chi connectivity index (χ2n) is 5.85. The Morgan fingerprint density at radius 2 is 1.41 bits per heavy atom. The number of benzene rings is 3. The molecule has 0 unspecified atom stereocenters. The van der Waals surface area contributed by atoms with Crippen molar-refractivity contribution in [3.05, 3.63) is 83.9 Å². The molecular formula is C21H18F3NO2. The minimum Gasteiger partial charge on any atom is -0.488 e. The van der Waals surface area contributed by atoms with Gasteiger partial charge in [0.1, 0.15) is 18.1 Å². The molecule has 0 amide bonds. The summed E-state index contributed by atoms with van der Waals surface area (Å²) in [7, 11) is 0. The molecule has 0 spiro atoms. The summed E-state index contributed by atoms with van der Waals surface area (Å²) < 4.78 is 48.4. The van der Waals surface area contributed by atoms with E-state index in [4.69, 9.17) is 10.5 Å². The van der Waals surface area contributed by atoms with Gasteiger partial charge in [-0.2, -0.15) is 0 Å². The molecule has 0 saturated carbocycles. The summed E-state index contributed by atoms with van der Waals surface area (Å²) in [5, 5.41) is 0. The largest absolute Gasteiger partial charge is 0.573 e. The first-order valence-corrected chi connectivity index (χ1v) is 8.31. The molecular weight excluding hydrogens is 355 g/mol. The minimum absolute atomic E-state index is 0.282. The van der Waals surface area contributed by atoms with Crippen LogP contribution < -0.4 is 15.2 Å². The molecule has 3 rings (SSSR count). The zero-order valence-corrected chi connectivity index (χ0v) is 14.4. The minimum atomic E-state index is -4.78. The van der Waals surface area contributed by atoms with Crippen LogP contribution in [0.15, 0.2) is 72.8 Å². The van der Waals surface area contributed by atoms with Gasteiger partial charge in [-0.1, -0.05) is 60.7 Å². The lowest BCUT2D eigenvalue weighted by Gasteiger charge is -2.17. The monoisotopic (exact) mass is 373 g/mol. The molecule has 27 heavy (non-hydrogen) atoms. The molecule has 0 heterocycles. The van der Waals surface area contributed by atoms with Gasteiger partial charge in [0.15, 0.2) is 0 Å². The van der Waals surface area contributed by atoms with E-state index in [-0.39, 0.29) is 12.4 Å². The average Bonchev–Trinajstić information content (AvgIpc) is 2.66. The van der Waals surface area contributed by atoms with Gasteiger partial charge < -0.3 is 15.2 Å². The van der Waals surface area contributed by atoms with Crippen LogP contribution in [0, 0.1) is 0 Å². The lowest BCUT2D eigenvalue weighted by molar-refractivity contribution is -0.274. The molecule has 3 aromatic rings. The van der Waals surface area contributed by atoms with Crippen LogP contribution >= 0.6 is 0 Å². The smallest absolute Gasteiger partial charge is 0.488 e. The van der Waals surface area contributed by atoms with Crippen LogP contribution in [0.4, 0.5) is 13.2 Å². The summed E-state index contributed by atoms with van der Waals surface area (Å²) in [5.74, 6) is 0.162. The molecule has 0 aliphatic carbocycles. The van der Waals surface area contributed by atoms with Crippen molar-refractivity contribution in [2.75, 3.05) is 0 Å². The van der Waals surface area contributed by atoms with E-state index in [9.17, 15) is 13.2 Å². The topological polar surface area (TPSA) is 44.5 Å². The molecule has 0 aliphatic rings. The molecule has 3 nitrogen and oxygen atoms in total. The van der Waals surface area contributed by atoms with E-state index in [0.29, 0.717) is 23.4 Å². The summed E-state index contributed by atoms with van der Waals surface area (Å²) >= 11 is 0. The molecule has 2 N–H and O–H groups in total. The quantitative estimate of drug-likeness (QED) is 0.639. The first-order chi connectivity index (χ1) is 13.0. The molecule has 0 radical (unpaired) electrons. The first-order valence-electron chi connectivity index (χ1n) is 8.31. The Morgan fingerprint density at radius 3 is 2.11 bits per heavy atom. The number of hydrogen-bond acceptors (Lipinski definition) is 3. The Kier molecular flexibility index (Phi) is 5.66. The van der Waals surface area contributed by atoms with Gasteiger partial charge in [0.05, 0.1) is 0 Å². The van der Waals surface area contributed by atoms with E-state index in [1.165, 1.54) is 12.1 Å². The predicted molar refractivity (Wildman–Crippen MR) is 97.2 cm³/mol. The van der Waals surface area contributed by atoms with E-state index < -0.39 is 6.36 Å². The van der Waals surface area contributed by atoms with Gasteiger partial charge >= 0.3 is 6.36 Å². The van der Waals surface area contributed by atoms with E-state index in [0.717, 1.165) is 11.1 Å². The Bertz CT molecular complexity index is 895. The molecule has 0 bridgehead atoms. The van der Waals surface area contributed by atoms with E-state index in [2.05, 4.69) is 4.74 Å². The van der Waals surface area contributed by atoms with Gasteiger partial charge in [-0.25, -0.2) is 0 Å². The molecule has 0 fully saturated rings. The van der Waals surface area contributed by atoms with Crippen LogP contribution in [0.25, 0.3) is 11.1 Å². The van der Waals surface area contributed by atoms with Crippen LogP contribution in [0.2, 0.25) is 0 Å². The van der Waals surface area contributed by atoms with Crippen molar-refractivity contribution >= 4 is 0 Å². The molecule has 6 heteroatoms. The zero-order valence-electron chi connectivity index (χ0n) is 14.4. The summed E-state index contributed by atoms with van der Waals surface area (Å²) in [6.07, 6.45) is -4.78. The fourth-order valence-electron chi connectivity index (χ4n) is 2.67. The van der Waals surface area contributed by atoms with Crippen molar-refractivity contribution in [3.63, 3.8) is 0 Å². The normalized spacial score (nSPS) is 11.3. The van der Waals surface area contributed by atoms with E-state index in [1.807, 2.05) is 30.3 Å². The summed E-state index contributed by atoms with van der Waals surface area (Å²) in [6, 6.07) is 20.7. The number of halogens is 3. The number of rotatable bonds is 6. The maximum Gasteiger partial charge on any atom is 0.573 e. The van der Waals surface area contributed by atoms with Crippen molar-refractivity contribution < 1.29 is 22.6 Å². The van der Waals surface area contributed by atoms with Crippen molar-refractivity contribution in [2.45, 2.75) is 19.5 Å². The molecule has 140 valence electrons. The molecule has 0 aliphatic heterocycles. The highest BCUT2D eigenvalue weighted by Crippen LogP contribution is 2.39. The van der Waals surface area contributed by atoms with Crippen molar-refractivity contribution in [3.8, 4) is 22.6 Å². The zero-order chi connectivity index (χ0) is 19.3. The van der Waals surface area contributed by atoms with Gasteiger partial charge in [-0.15, -0.1) is 13.2 Å². The maximum atomic E-state index is 12.8. The number of alkyl halides is 3. The van der Waals surface area contributed by atoms with Gasteiger partial charge in [0, 0.05) is 17.7 Å². The number of ether oxygens (including phenoxy) is 2. The molecule has 3 aromatic carbocycles. The predicted octanol–water partition coefficient (Wildman–Crippen LogP) is 5.29. The second kappa shape index (κ2) is 8.14. The van der Waals surface area contributed by atoms with E-state index in [1.54, 1.807) is 30.3 Å². The van der Waals surface area contributed by atoms with Crippen molar-refractivity contribution in [1.82, 2.24) is 0 Å². The SMILES string of the molecule is NCc1ccc(-c2ccccc2OC(F)(F)F)c(OCc2ccccc2)c1. The molecule has 0 saturated heterocycles. The molecule has 0 aromatic heterocycles. The Hall–Kier alpha value is -2.99. The summed E-state index contributed by atoms with van der Waals surface area (Å²) in [5.41, 5.74) is 8.26. The fourth-order valence-corrected chi connectivity index (χ4v) is 2.67. The highest BCUT2D eigenvalue weighted by Gasteiger charge is 2.32. The third-order valence-electron chi connectivity index (χ3n) is 3.92. The lowest BCUT2D eigenvalue weighted by atomic mass is 10.0. The Labute approximate surface area is 155 Å². The van der Waals surface area contributed by atoms with Crippen LogP contribution in [0.1, 0.15) is 11.1 Å². The molecule has 0 atom stereocenters. The van der Waals surface area contributed by atoms with Gasteiger partial charge in [0.25, 0.3) is 0 Å². The van der Waals surface area contributed by atoms with Gasteiger partial charge in [-0.05, 0) is 23.3 Å². The lowest BCUT2D eigenvalue weighted by Crippen LogP contribution is -2.17. The highest BCUT2D eigenvalue weighted by atomic mass is 19.4. The number of hydrogen-bond donors (Lipinski definition) is 1. The summed E-state index contributed by atoms with van der Waals surface area (Å²) in [4.78, 5) is 0. The van der Waals surface area contributed by atoms with Crippen LogP contribution in [-0.2, 0) is 13.2 Å². The third kappa shape index (κ3) is 5.01. The highest BCUT2D eigenvalue weighted by molar-refractivity contribution is 5.76. The second-order valence-corrected chi connectivity index (χ2v) is 5.85. The number of para-hydroxylation sites is 1. The van der Waals surface area contributed by atoms with Crippen LogP contribution in [-0.4, -0.2) is 6.36 Å². The summed E-state index contributed by atoms with van der Waals surface area (Å²) in [6.45, 7) is 0.576. The standard InChI is InChI=1S/C21H18F3NO2/c22-21(23,24)27-19-9-5-4-8-17(19)18-11-10-16(13-25)12-20(18)26-14-15-6-2-1-3-7-15/h1-12H,13-14,25H2. The Morgan fingerprint density at radius 1 is 0.741 bits per heavy atom. The van der Waals surface area contributed by atoms with E-state index >= 15 is 0 Å². The first kappa shape index (κ1) is 18.8. The van der Waals surface area contributed by atoms with Gasteiger partial charge in [-0.3, -0.25) is 0 Å². The van der Waals surface area contributed by atoms with Gasteiger partial charge in [0.2, 0.25) is 0 Å².